The van der Waals surface area contributed by atoms with E-state index in [0.717, 1.165) is 0 Å². The molecule has 3 atom stereocenters. The van der Waals surface area contributed by atoms with E-state index >= 15 is 0 Å². The molecule has 1 N–H and O–H groups in total. The van der Waals surface area contributed by atoms with Gasteiger partial charge < -0.3 is 9.53 Å². The molecule has 1 aliphatic rings. The smallest absolute Gasteiger partial charge is 0.307 e. The highest BCUT2D eigenvalue weighted by Gasteiger charge is 2.68. The number of halogens is 3. The maximum absolute atomic E-state index is 11.3. The zero-order valence-corrected chi connectivity index (χ0v) is 16.9. The van der Waals surface area contributed by atoms with Crippen molar-refractivity contribution in [3.05, 3.63) is 0 Å². The number of hydrogen-bond donors (Lipinski definition) is 1. The first-order valence-corrected chi connectivity index (χ1v) is 11.5. The Labute approximate surface area is 135 Å². The number of alkyl halides is 3. The molecule has 1 saturated carbocycles. The summed E-state index contributed by atoms with van der Waals surface area (Å²) < 4.78 is 5.59. The van der Waals surface area contributed by atoms with E-state index in [9.17, 15) is 9.90 Å². The molecule has 3 nitrogen and oxygen atoms in total. The van der Waals surface area contributed by atoms with Crippen molar-refractivity contribution in [1.82, 2.24) is 0 Å². The fourth-order valence-electron chi connectivity index (χ4n) is 2.44. The van der Waals surface area contributed by atoms with Crippen LogP contribution in [-0.2, 0) is 9.22 Å². The van der Waals surface area contributed by atoms with Gasteiger partial charge in [0.15, 0.2) is 10.5 Å². The van der Waals surface area contributed by atoms with Crippen LogP contribution < -0.4 is 0 Å². The van der Waals surface area contributed by atoms with Crippen molar-refractivity contribution in [2.75, 3.05) is 0 Å². The van der Waals surface area contributed by atoms with Crippen molar-refractivity contribution in [2.24, 2.45) is 17.3 Å². The van der Waals surface area contributed by atoms with Crippen molar-refractivity contribution < 1.29 is 14.3 Å². The van der Waals surface area contributed by atoms with Crippen LogP contribution in [-0.4, -0.2) is 27.6 Å². The van der Waals surface area contributed by atoms with Gasteiger partial charge in [-0.05, 0) is 25.1 Å². The van der Waals surface area contributed by atoms with Crippen LogP contribution in [0.5, 0.6) is 0 Å². The first-order chi connectivity index (χ1) is 7.78. The molecule has 0 aliphatic heterocycles. The summed E-state index contributed by atoms with van der Waals surface area (Å²) in [4.78, 5) is 11.3. The third-order valence-corrected chi connectivity index (χ3v) is 5.62. The topological polar surface area (TPSA) is 46.5 Å². The molecule has 1 rings (SSSR count). The second-order valence-electron chi connectivity index (χ2n) is 6.36. The van der Waals surface area contributed by atoms with Gasteiger partial charge in [0, 0.05) is 5.92 Å². The van der Waals surface area contributed by atoms with Gasteiger partial charge in [-0.25, -0.2) is 0 Å². The molecule has 0 bridgehead atoms. The Balaban J connectivity index is 2.98. The highest BCUT2D eigenvalue weighted by molar-refractivity contribution is 9.39. The van der Waals surface area contributed by atoms with E-state index in [4.69, 9.17) is 4.43 Å². The Morgan fingerprint density at radius 2 is 1.78 bits per heavy atom. The van der Waals surface area contributed by atoms with E-state index in [1.807, 2.05) is 13.8 Å². The molecule has 0 saturated heterocycles. The normalized spacial score (nSPS) is 28.9. The molecule has 7 heteroatoms. The molecule has 3 unspecified atom stereocenters. The Hall–Kier alpha value is 1.09. The molecule has 0 spiro atoms. The summed E-state index contributed by atoms with van der Waals surface area (Å²) in [6, 6.07) is 0. The lowest BCUT2D eigenvalue weighted by Gasteiger charge is -2.33. The van der Waals surface area contributed by atoms with Gasteiger partial charge in [0.2, 0.25) is 0 Å². The lowest BCUT2D eigenvalue weighted by Crippen LogP contribution is -2.41. The standard InChI is InChI=1S/C11H19Br3O3Si/c1-10(2)6(7(10)9(15)16)8(11(12,13)14)17-18(3,4)5/h6-8H,1-5H3,(H,15,16). The fourth-order valence-corrected chi connectivity index (χ4v) is 5.18. The van der Waals surface area contributed by atoms with Gasteiger partial charge in [-0.2, -0.15) is 0 Å². The monoisotopic (exact) mass is 464 g/mol. The average molecular weight is 467 g/mol. The summed E-state index contributed by atoms with van der Waals surface area (Å²) in [7, 11) is -1.76. The predicted molar refractivity (Wildman–Crippen MR) is 86.1 cm³/mol. The van der Waals surface area contributed by atoms with Gasteiger partial charge in [-0.15, -0.1) is 0 Å². The maximum Gasteiger partial charge on any atom is 0.307 e. The third-order valence-electron chi connectivity index (χ3n) is 3.31. The summed E-state index contributed by atoms with van der Waals surface area (Å²) in [6.45, 7) is 10.3. The number of hydrogen-bond acceptors (Lipinski definition) is 2. The van der Waals surface area contributed by atoms with Crippen LogP contribution in [0.3, 0.4) is 0 Å². The third kappa shape index (κ3) is 3.81. The Morgan fingerprint density at radius 1 is 1.33 bits per heavy atom. The van der Waals surface area contributed by atoms with E-state index in [1.165, 1.54) is 0 Å². The van der Waals surface area contributed by atoms with E-state index in [2.05, 4.69) is 67.4 Å². The van der Waals surface area contributed by atoms with E-state index in [0.29, 0.717) is 0 Å². The van der Waals surface area contributed by atoms with Crippen LogP contribution >= 0.6 is 47.8 Å². The number of aliphatic carboxylic acids is 1. The summed E-state index contributed by atoms with van der Waals surface area (Å²) in [5, 5.41) is 9.28. The SMILES string of the molecule is CC1(C)C(C(=O)O)C1C(O[Si](C)(C)C)C(Br)(Br)Br. The Bertz CT molecular complexity index is 346. The lowest BCUT2D eigenvalue weighted by molar-refractivity contribution is -0.139. The first-order valence-electron chi connectivity index (χ1n) is 5.76. The molecular formula is C11H19Br3O3Si. The largest absolute Gasteiger partial charge is 0.481 e. The second-order valence-corrected chi connectivity index (χ2v) is 17.8. The van der Waals surface area contributed by atoms with Crippen molar-refractivity contribution in [3.8, 4) is 0 Å². The Kier molecular flexibility index (Phi) is 4.88. The second kappa shape index (κ2) is 5.13. The summed E-state index contributed by atoms with van der Waals surface area (Å²) in [5.74, 6) is -1.11. The molecular weight excluding hydrogens is 448 g/mol. The number of rotatable bonds is 4. The van der Waals surface area contributed by atoms with Gasteiger partial charge in [0.25, 0.3) is 0 Å². The number of carboxylic acids is 1. The molecule has 0 aromatic heterocycles. The van der Waals surface area contributed by atoms with Crippen LogP contribution in [0.2, 0.25) is 19.6 Å². The van der Waals surface area contributed by atoms with Gasteiger partial charge >= 0.3 is 5.97 Å². The molecule has 0 aromatic carbocycles. The summed E-state index contributed by atoms with van der Waals surface area (Å²) >= 11 is 10.5. The van der Waals surface area contributed by atoms with Gasteiger partial charge in [-0.1, -0.05) is 61.6 Å². The maximum atomic E-state index is 11.3. The minimum Gasteiger partial charge on any atom is -0.481 e. The van der Waals surface area contributed by atoms with E-state index in [-0.39, 0.29) is 23.4 Å². The van der Waals surface area contributed by atoms with Crippen LogP contribution in [0.4, 0.5) is 0 Å². The molecule has 0 radical (unpaired) electrons. The number of carboxylic acid groups (broad SMARTS) is 1. The predicted octanol–water partition coefficient (Wildman–Crippen LogP) is 4.40. The average Bonchev–Trinajstić information content (AvgIpc) is 2.60. The molecule has 18 heavy (non-hydrogen) atoms. The lowest BCUT2D eigenvalue weighted by atomic mass is 10.1. The van der Waals surface area contributed by atoms with Crippen LogP contribution in [0.1, 0.15) is 13.8 Å². The van der Waals surface area contributed by atoms with Crippen molar-refractivity contribution in [2.45, 2.75) is 41.7 Å². The van der Waals surface area contributed by atoms with Gasteiger partial charge in [-0.3, -0.25) is 4.79 Å². The first kappa shape index (κ1) is 17.1. The quantitative estimate of drug-likeness (QED) is 0.493. The van der Waals surface area contributed by atoms with Crippen molar-refractivity contribution >= 4 is 62.1 Å². The van der Waals surface area contributed by atoms with E-state index in [1.54, 1.807) is 0 Å². The van der Waals surface area contributed by atoms with Gasteiger partial charge in [0.05, 0.1) is 12.0 Å². The molecule has 106 valence electrons. The molecule has 1 aliphatic carbocycles. The van der Waals surface area contributed by atoms with Crippen molar-refractivity contribution in [3.63, 3.8) is 0 Å². The Morgan fingerprint density at radius 3 is 2.00 bits per heavy atom. The van der Waals surface area contributed by atoms with Crippen LogP contribution in [0.25, 0.3) is 0 Å². The zero-order valence-electron chi connectivity index (χ0n) is 11.1. The molecule has 0 heterocycles. The zero-order chi connectivity index (χ0) is 14.5. The highest BCUT2D eigenvalue weighted by Crippen LogP contribution is 2.64. The molecule has 0 amide bonds. The van der Waals surface area contributed by atoms with E-state index < -0.39 is 16.4 Å². The van der Waals surface area contributed by atoms with Crippen LogP contribution in [0, 0.1) is 17.3 Å². The minimum atomic E-state index is -1.76. The number of carbonyl (C=O) groups is 1. The summed E-state index contributed by atoms with van der Waals surface area (Å²) in [5.41, 5.74) is -0.239. The fraction of sp³-hybridized carbons (Fsp3) is 0.909. The van der Waals surface area contributed by atoms with Crippen LogP contribution in [0.15, 0.2) is 0 Å². The van der Waals surface area contributed by atoms with Gasteiger partial charge in [0.1, 0.15) is 0 Å². The highest BCUT2D eigenvalue weighted by atomic mass is 80.0. The molecule has 0 aromatic rings. The summed E-state index contributed by atoms with van der Waals surface area (Å²) in [6.07, 6.45) is -0.222. The minimum absolute atomic E-state index is 0.0140. The van der Waals surface area contributed by atoms with Crippen molar-refractivity contribution in [1.29, 1.82) is 0 Å². The molecule has 1 fully saturated rings.